The molecule has 0 aliphatic carbocycles. The fraction of sp³-hybridized carbons (Fsp3) is 0.636. The highest BCUT2D eigenvalue weighted by molar-refractivity contribution is 9.10. The van der Waals surface area contributed by atoms with Gasteiger partial charge in [-0.25, -0.2) is 4.68 Å². The molecule has 1 unspecified atom stereocenters. The number of rotatable bonds is 7. The third-order valence-electron chi connectivity index (χ3n) is 2.44. The van der Waals surface area contributed by atoms with Gasteiger partial charge in [-0.2, -0.15) is 5.10 Å². The van der Waals surface area contributed by atoms with E-state index < -0.39 is 0 Å². The Hall–Kier alpha value is -0.920. The summed E-state index contributed by atoms with van der Waals surface area (Å²) in [5.41, 5.74) is 0.433. The highest BCUT2D eigenvalue weighted by atomic mass is 79.9. The number of ether oxygens (including phenoxy) is 1. The molecule has 1 atom stereocenters. The Morgan fingerprint density at radius 2 is 2.39 bits per heavy atom. The molecule has 1 aromatic heterocycles. The van der Waals surface area contributed by atoms with Crippen LogP contribution in [0, 0.1) is 5.92 Å². The Kier molecular flexibility index (Phi) is 6.31. The number of aromatic nitrogens is 2. The molecular formula is C11H18BrN3O3. The van der Waals surface area contributed by atoms with Crippen molar-refractivity contribution in [2.24, 2.45) is 5.92 Å². The zero-order valence-electron chi connectivity index (χ0n) is 10.5. The molecule has 1 aromatic rings. The van der Waals surface area contributed by atoms with E-state index in [1.54, 1.807) is 13.3 Å². The molecule has 0 radical (unpaired) electrons. The molecule has 0 saturated heterocycles. The highest BCUT2D eigenvalue weighted by Crippen LogP contribution is 2.16. The second kappa shape index (κ2) is 7.50. The summed E-state index contributed by atoms with van der Waals surface area (Å²) >= 11 is 3.26. The number of aliphatic hydroxyl groups excluding tert-OH is 1. The molecule has 0 aromatic carbocycles. The molecule has 0 bridgehead atoms. The first-order chi connectivity index (χ1) is 8.60. The van der Waals surface area contributed by atoms with Crippen LogP contribution in [0.3, 0.4) is 0 Å². The third kappa shape index (κ3) is 4.08. The molecule has 2 N–H and O–H groups in total. The molecular weight excluding hydrogens is 302 g/mol. The summed E-state index contributed by atoms with van der Waals surface area (Å²) in [5, 5.41) is 16.1. The van der Waals surface area contributed by atoms with Crippen LogP contribution in [0.15, 0.2) is 15.5 Å². The number of methoxy groups -OCH3 is 1. The first-order valence-corrected chi connectivity index (χ1v) is 6.48. The van der Waals surface area contributed by atoms with Crippen molar-refractivity contribution in [1.29, 1.82) is 0 Å². The number of nitrogens with zero attached hydrogens (tertiary/aromatic N) is 2. The van der Waals surface area contributed by atoms with Gasteiger partial charge in [0.25, 0.3) is 5.56 Å². The number of aliphatic hydroxyl groups is 1. The molecule has 0 spiro atoms. The maximum absolute atomic E-state index is 11.9. The van der Waals surface area contributed by atoms with Gasteiger partial charge in [-0.3, -0.25) is 4.79 Å². The predicted molar refractivity (Wildman–Crippen MR) is 72.8 cm³/mol. The van der Waals surface area contributed by atoms with Gasteiger partial charge in [0.15, 0.2) is 0 Å². The first-order valence-electron chi connectivity index (χ1n) is 5.69. The van der Waals surface area contributed by atoms with Gasteiger partial charge < -0.3 is 15.2 Å². The number of hydrogen-bond acceptors (Lipinski definition) is 5. The van der Waals surface area contributed by atoms with Crippen molar-refractivity contribution in [1.82, 2.24) is 9.78 Å². The van der Waals surface area contributed by atoms with E-state index in [1.807, 2.05) is 6.92 Å². The van der Waals surface area contributed by atoms with Gasteiger partial charge in [-0.1, -0.05) is 6.92 Å². The van der Waals surface area contributed by atoms with Crippen LogP contribution < -0.4 is 10.9 Å². The number of nitrogens with one attached hydrogen (secondary N) is 1. The maximum Gasteiger partial charge on any atom is 0.283 e. The lowest BCUT2D eigenvalue weighted by molar-refractivity contribution is 0.181. The molecule has 1 heterocycles. The van der Waals surface area contributed by atoms with Gasteiger partial charge in [0, 0.05) is 20.3 Å². The average molecular weight is 320 g/mol. The Morgan fingerprint density at radius 1 is 1.67 bits per heavy atom. The lowest BCUT2D eigenvalue weighted by atomic mass is 10.2. The zero-order valence-corrected chi connectivity index (χ0v) is 12.1. The van der Waals surface area contributed by atoms with E-state index in [4.69, 9.17) is 9.84 Å². The summed E-state index contributed by atoms with van der Waals surface area (Å²) in [5.74, 6) is 0.118. The van der Waals surface area contributed by atoms with Crippen LogP contribution in [0.5, 0.6) is 0 Å². The summed E-state index contributed by atoms with van der Waals surface area (Å²) in [6.07, 6.45) is 1.59. The van der Waals surface area contributed by atoms with E-state index in [0.717, 1.165) is 0 Å². The normalized spacial score (nSPS) is 12.4. The zero-order chi connectivity index (χ0) is 13.5. The topological polar surface area (TPSA) is 76.4 Å². The van der Waals surface area contributed by atoms with Crippen molar-refractivity contribution < 1.29 is 9.84 Å². The van der Waals surface area contributed by atoms with Crippen molar-refractivity contribution in [2.75, 3.05) is 32.2 Å². The number of anilines is 1. The quantitative estimate of drug-likeness (QED) is 0.773. The minimum absolute atomic E-state index is 0.100. The first kappa shape index (κ1) is 15.1. The van der Waals surface area contributed by atoms with Crippen LogP contribution in [0.2, 0.25) is 0 Å². The molecule has 0 saturated carbocycles. The summed E-state index contributed by atoms with van der Waals surface area (Å²) in [6.45, 7) is 3.45. The second-order valence-electron chi connectivity index (χ2n) is 4.06. The molecule has 0 aliphatic heterocycles. The molecule has 0 aliphatic rings. The van der Waals surface area contributed by atoms with Crippen LogP contribution in [-0.4, -0.2) is 41.8 Å². The number of halogens is 1. The van der Waals surface area contributed by atoms with Gasteiger partial charge in [-0.05, 0) is 21.8 Å². The summed E-state index contributed by atoms with van der Waals surface area (Å²) in [7, 11) is 1.58. The van der Waals surface area contributed by atoms with Crippen LogP contribution in [0.25, 0.3) is 0 Å². The van der Waals surface area contributed by atoms with E-state index in [2.05, 4.69) is 26.3 Å². The molecule has 0 fully saturated rings. The minimum Gasteiger partial charge on any atom is -0.396 e. The molecule has 18 heavy (non-hydrogen) atoms. The van der Waals surface area contributed by atoms with E-state index in [9.17, 15) is 4.79 Å². The van der Waals surface area contributed by atoms with Crippen molar-refractivity contribution in [3.8, 4) is 0 Å². The number of hydrogen-bond donors (Lipinski definition) is 2. The molecule has 102 valence electrons. The van der Waals surface area contributed by atoms with Crippen molar-refractivity contribution in [2.45, 2.75) is 13.5 Å². The van der Waals surface area contributed by atoms with Gasteiger partial charge in [0.05, 0.1) is 25.0 Å². The van der Waals surface area contributed by atoms with Crippen LogP contribution in [0.1, 0.15) is 6.92 Å². The summed E-state index contributed by atoms with van der Waals surface area (Å²) in [6, 6.07) is 0. The largest absolute Gasteiger partial charge is 0.396 e. The Morgan fingerprint density at radius 3 is 3.00 bits per heavy atom. The van der Waals surface area contributed by atoms with Crippen LogP contribution in [-0.2, 0) is 11.3 Å². The third-order valence-corrected chi connectivity index (χ3v) is 3.21. The van der Waals surface area contributed by atoms with Gasteiger partial charge >= 0.3 is 0 Å². The van der Waals surface area contributed by atoms with Gasteiger partial charge in [-0.15, -0.1) is 0 Å². The summed E-state index contributed by atoms with van der Waals surface area (Å²) < 4.78 is 6.69. The standard InChI is InChI=1S/C11H18BrN3O3/c1-8(7-16)5-13-9-6-14-15(3-4-18-2)11(17)10(9)12/h6,8,13,16H,3-5,7H2,1-2H3. The van der Waals surface area contributed by atoms with Crippen molar-refractivity contribution in [3.63, 3.8) is 0 Å². The molecule has 7 heteroatoms. The lowest BCUT2D eigenvalue weighted by Gasteiger charge is -2.12. The van der Waals surface area contributed by atoms with E-state index in [1.165, 1.54) is 4.68 Å². The minimum atomic E-state index is -0.200. The smallest absolute Gasteiger partial charge is 0.283 e. The monoisotopic (exact) mass is 319 g/mol. The molecule has 6 nitrogen and oxygen atoms in total. The second-order valence-corrected chi connectivity index (χ2v) is 4.85. The lowest BCUT2D eigenvalue weighted by Crippen LogP contribution is -2.27. The predicted octanol–water partition coefficient (Wildman–Crippen LogP) is 0.692. The SMILES string of the molecule is COCCn1ncc(NCC(C)CO)c(Br)c1=O. The summed E-state index contributed by atoms with van der Waals surface area (Å²) in [4.78, 5) is 11.9. The molecule has 1 rings (SSSR count). The Balaban J connectivity index is 2.77. The van der Waals surface area contributed by atoms with Gasteiger partial charge in [0.2, 0.25) is 0 Å². The highest BCUT2D eigenvalue weighted by Gasteiger charge is 2.09. The Labute approximate surface area is 114 Å². The van der Waals surface area contributed by atoms with Crippen LogP contribution >= 0.6 is 15.9 Å². The van der Waals surface area contributed by atoms with Crippen molar-refractivity contribution in [3.05, 3.63) is 21.0 Å². The average Bonchev–Trinajstić information content (AvgIpc) is 2.39. The van der Waals surface area contributed by atoms with Gasteiger partial charge in [0.1, 0.15) is 4.47 Å². The maximum atomic E-state index is 11.9. The molecule has 0 amide bonds. The van der Waals surface area contributed by atoms with Crippen LogP contribution in [0.4, 0.5) is 5.69 Å². The fourth-order valence-electron chi connectivity index (χ4n) is 1.27. The van der Waals surface area contributed by atoms with E-state index in [-0.39, 0.29) is 18.1 Å². The Bertz CT molecular complexity index is 436. The van der Waals surface area contributed by atoms with E-state index >= 15 is 0 Å². The van der Waals surface area contributed by atoms with E-state index in [0.29, 0.717) is 29.9 Å². The fourth-order valence-corrected chi connectivity index (χ4v) is 1.72. The van der Waals surface area contributed by atoms with Crippen molar-refractivity contribution >= 4 is 21.6 Å².